The van der Waals surface area contributed by atoms with Crippen LogP contribution in [0.1, 0.15) is 17.1 Å². The van der Waals surface area contributed by atoms with Crippen LogP contribution in [-0.2, 0) is 22.6 Å². The van der Waals surface area contributed by atoms with Crippen molar-refractivity contribution >= 4 is 40.0 Å². The highest BCUT2D eigenvalue weighted by Crippen LogP contribution is 2.23. The fraction of sp³-hybridized carbons (Fsp3) is 0.208. The number of rotatable bonds is 10. The summed E-state index contributed by atoms with van der Waals surface area (Å²) in [5, 5.41) is 17.1. The van der Waals surface area contributed by atoms with Crippen LogP contribution < -0.4 is 15.4 Å². The van der Waals surface area contributed by atoms with Gasteiger partial charge < -0.3 is 15.4 Å². The van der Waals surface area contributed by atoms with Gasteiger partial charge in [-0.15, -0.1) is 21.5 Å². The molecule has 2 aromatic heterocycles. The third kappa shape index (κ3) is 6.67. The average molecular weight is 509 g/mol. The molecule has 4 aromatic rings. The SMILES string of the molecule is COc1ccc(CNC(=O)CSc2nnc(CC(=O)Nc3nc(C)cs3)n2-c2ccccc2)cc1. The zero-order chi connectivity index (χ0) is 24.6. The quantitative estimate of drug-likeness (QED) is 0.315. The first-order valence-corrected chi connectivity index (χ1v) is 12.6. The van der Waals surface area contributed by atoms with Gasteiger partial charge >= 0.3 is 0 Å². The normalized spacial score (nSPS) is 10.7. The molecular weight excluding hydrogens is 484 g/mol. The number of amides is 2. The Morgan fingerprint density at radius 1 is 1.06 bits per heavy atom. The minimum absolute atomic E-state index is 0.0186. The van der Waals surface area contributed by atoms with Gasteiger partial charge in [0.1, 0.15) is 11.6 Å². The highest BCUT2D eigenvalue weighted by molar-refractivity contribution is 7.99. The zero-order valence-corrected chi connectivity index (χ0v) is 20.9. The Morgan fingerprint density at radius 3 is 2.51 bits per heavy atom. The summed E-state index contributed by atoms with van der Waals surface area (Å²) in [6.45, 7) is 2.28. The highest BCUT2D eigenvalue weighted by atomic mass is 32.2. The summed E-state index contributed by atoms with van der Waals surface area (Å²) in [6, 6.07) is 17.0. The predicted molar refractivity (Wildman–Crippen MR) is 136 cm³/mol. The molecule has 2 heterocycles. The minimum Gasteiger partial charge on any atom is -0.497 e. The van der Waals surface area contributed by atoms with E-state index >= 15 is 0 Å². The molecule has 0 fully saturated rings. The monoisotopic (exact) mass is 508 g/mol. The molecule has 0 unspecified atom stereocenters. The second kappa shape index (κ2) is 11.6. The van der Waals surface area contributed by atoms with Crippen molar-refractivity contribution in [2.24, 2.45) is 0 Å². The van der Waals surface area contributed by atoms with Gasteiger partial charge in [-0.3, -0.25) is 14.2 Å². The lowest BCUT2D eigenvalue weighted by Gasteiger charge is -2.10. The van der Waals surface area contributed by atoms with Gasteiger partial charge in [0, 0.05) is 17.6 Å². The van der Waals surface area contributed by atoms with Crippen molar-refractivity contribution in [2.75, 3.05) is 18.2 Å². The second-order valence-corrected chi connectivity index (χ2v) is 9.30. The van der Waals surface area contributed by atoms with Gasteiger partial charge in [0.05, 0.1) is 25.0 Å². The van der Waals surface area contributed by atoms with Crippen LogP contribution in [0.5, 0.6) is 5.75 Å². The van der Waals surface area contributed by atoms with Crippen molar-refractivity contribution in [2.45, 2.75) is 25.0 Å². The molecule has 2 N–H and O–H groups in total. The largest absolute Gasteiger partial charge is 0.497 e. The second-order valence-electron chi connectivity index (χ2n) is 7.50. The Bertz CT molecular complexity index is 1290. The van der Waals surface area contributed by atoms with Crippen LogP contribution in [0, 0.1) is 6.92 Å². The number of carbonyl (C=O) groups excluding carboxylic acids is 2. The first-order valence-electron chi connectivity index (χ1n) is 10.8. The number of anilines is 1. The minimum atomic E-state index is -0.238. The lowest BCUT2D eigenvalue weighted by atomic mass is 10.2. The maximum Gasteiger partial charge on any atom is 0.233 e. The Labute approximate surface area is 211 Å². The Hall–Kier alpha value is -3.70. The smallest absolute Gasteiger partial charge is 0.233 e. The summed E-state index contributed by atoms with van der Waals surface area (Å²) in [5.41, 5.74) is 2.63. The number of thioether (sulfide) groups is 1. The maximum atomic E-state index is 12.6. The van der Waals surface area contributed by atoms with Crippen LogP contribution in [0.3, 0.4) is 0 Å². The summed E-state index contributed by atoms with van der Waals surface area (Å²) in [7, 11) is 1.61. The number of hydrogen-bond donors (Lipinski definition) is 2. The summed E-state index contributed by atoms with van der Waals surface area (Å²) in [4.78, 5) is 29.3. The van der Waals surface area contributed by atoms with Crippen molar-refractivity contribution in [3.8, 4) is 11.4 Å². The standard InChI is InChI=1S/C24H24N6O3S2/c1-16-14-34-23(26-16)27-21(31)12-20-28-29-24(30(20)18-6-4-3-5-7-18)35-15-22(32)25-13-17-8-10-19(33-2)11-9-17/h3-11,14H,12-13,15H2,1-2H3,(H,25,32)(H,26,27,31). The summed E-state index contributed by atoms with van der Waals surface area (Å²) in [6.07, 6.45) is 0.0186. The number of aromatic nitrogens is 4. The van der Waals surface area contributed by atoms with Crippen molar-refractivity contribution < 1.29 is 14.3 Å². The van der Waals surface area contributed by atoms with E-state index in [4.69, 9.17) is 4.74 Å². The first-order chi connectivity index (χ1) is 17.0. The molecule has 2 aromatic carbocycles. The molecular formula is C24H24N6O3S2. The van der Waals surface area contributed by atoms with Gasteiger partial charge in [-0.05, 0) is 36.8 Å². The first kappa shape index (κ1) is 24.4. The molecule has 0 radical (unpaired) electrons. The molecule has 0 aliphatic carbocycles. The molecule has 11 heteroatoms. The molecule has 2 amide bonds. The third-order valence-corrected chi connectivity index (χ3v) is 6.68. The molecule has 35 heavy (non-hydrogen) atoms. The molecule has 0 saturated heterocycles. The van der Waals surface area contributed by atoms with Crippen LogP contribution in [-0.4, -0.2) is 44.4 Å². The van der Waals surface area contributed by atoms with E-state index in [1.807, 2.05) is 66.9 Å². The van der Waals surface area contributed by atoms with Gasteiger partial charge in [-0.1, -0.05) is 42.1 Å². The number of methoxy groups -OCH3 is 1. The number of nitrogens with one attached hydrogen (secondary N) is 2. The Morgan fingerprint density at radius 2 is 1.83 bits per heavy atom. The molecule has 4 rings (SSSR count). The van der Waals surface area contributed by atoms with Crippen LogP contribution >= 0.6 is 23.1 Å². The maximum absolute atomic E-state index is 12.6. The van der Waals surface area contributed by atoms with Crippen LogP contribution in [0.2, 0.25) is 0 Å². The van der Waals surface area contributed by atoms with Crippen LogP contribution in [0.15, 0.2) is 65.1 Å². The van der Waals surface area contributed by atoms with Gasteiger partial charge in [-0.2, -0.15) is 0 Å². The Balaban J connectivity index is 1.41. The van der Waals surface area contributed by atoms with E-state index in [-0.39, 0.29) is 24.0 Å². The van der Waals surface area contributed by atoms with Crippen molar-refractivity contribution in [3.05, 3.63) is 77.1 Å². The molecule has 180 valence electrons. The predicted octanol–water partition coefficient (Wildman–Crippen LogP) is 3.63. The topological polar surface area (TPSA) is 111 Å². The average Bonchev–Trinajstić information content (AvgIpc) is 3.47. The number of nitrogens with zero attached hydrogens (tertiary/aromatic N) is 4. The number of aryl methyl sites for hydroxylation is 1. The number of para-hydroxylation sites is 1. The fourth-order valence-electron chi connectivity index (χ4n) is 3.19. The van der Waals surface area contributed by atoms with E-state index in [0.29, 0.717) is 22.7 Å². The van der Waals surface area contributed by atoms with E-state index in [1.165, 1.54) is 23.1 Å². The lowest BCUT2D eigenvalue weighted by Crippen LogP contribution is -2.24. The van der Waals surface area contributed by atoms with Crippen LogP contribution in [0.4, 0.5) is 5.13 Å². The highest BCUT2D eigenvalue weighted by Gasteiger charge is 2.19. The fourth-order valence-corrected chi connectivity index (χ4v) is 4.69. The van der Waals surface area contributed by atoms with E-state index in [2.05, 4.69) is 25.8 Å². The van der Waals surface area contributed by atoms with Gasteiger partial charge in [0.15, 0.2) is 10.3 Å². The van der Waals surface area contributed by atoms with Crippen molar-refractivity contribution in [3.63, 3.8) is 0 Å². The molecule has 0 atom stereocenters. The van der Waals surface area contributed by atoms with E-state index in [0.717, 1.165) is 22.7 Å². The zero-order valence-electron chi connectivity index (χ0n) is 19.2. The summed E-state index contributed by atoms with van der Waals surface area (Å²) < 4.78 is 6.95. The van der Waals surface area contributed by atoms with Gasteiger partial charge in [0.25, 0.3) is 0 Å². The molecule has 0 aliphatic rings. The van der Waals surface area contributed by atoms with E-state index < -0.39 is 0 Å². The van der Waals surface area contributed by atoms with E-state index in [1.54, 1.807) is 11.7 Å². The molecule has 0 spiro atoms. The van der Waals surface area contributed by atoms with Gasteiger partial charge in [-0.25, -0.2) is 4.98 Å². The number of hydrogen-bond acceptors (Lipinski definition) is 8. The molecule has 0 saturated carbocycles. The number of carbonyl (C=O) groups is 2. The number of ether oxygens (including phenoxy) is 1. The summed E-state index contributed by atoms with van der Waals surface area (Å²) in [5.74, 6) is 1.03. The molecule has 9 nitrogen and oxygen atoms in total. The van der Waals surface area contributed by atoms with Gasteiger partial charge in [0.2, 0.25) is 11.8 Å². The number of thiazole rings is 1. The summed E-state index contributed by atoms with van der Waals surface area (Å²) >= 11 is 2.63. The van der Waals surface area contributed by atoms with E-state index in [9.17, 15) is 9.59 Å². The molecule has 0 aliphatic heterocycles. The Kier molecular flexibility index (Phi) is 8.11. The number of benzene rings is 2. The van der Waals surface area contributed by atoms with Crippen LogP contribution in [0.25, 0.3) is 5.69 Å². The molecule has 0 bridgehead atoms. The van der Waals surface area contributed by atoms with Crippen molar-refractivity contribution in [1.82, 2.24) is 25.1 Å². The van der Waals surface area contributed by atoms with Crippen molar-refractivity contribution in [1.29, 1.82) is 0 Å². The third-order valence-electron chi connectivity index (χ3n) is 4.88. The lowest BCUT2D eigenvalue weighted by molar-refractivity contribution is -0.118.